The molecule has 2 rings (SSSR count). The highest BCUT2D eigenvalue weighted by Gasteiger charge is 2.13. The molecule has 12 heavy (non-hydrogen) atoms. The van der Waals surface area contributed by atoms with Gasteiger partial charge in [0.15, 0.2) is 0 Å². The van der Waals surface area contributed by atoms with Crippen LogP contribution in [0.25, 0.3) is 0 Å². The molecule has 0 saturated carbocycles. The third-order valence-electron chi connectivity index (χ3n) is 2.66. The summed E-state index contributed by atoms with van der Waals surface area (Å²) in [4.78, 5) is 0. The minimum absolute atomic E-state index is 1.06. The highest BCUT2D eigenvalue weighted by molar-refractivity contribution is 5.49. The summed E-state index contributed by atoms with van der Waals surface area (Å²) in [5, 5.41) is 0. The van der Waals surface area contributed by atoms with Gasteiger partial charge in [-0.15, -0.1) is 0 Å². The summed E-state index contributed by atoms with van der Waals surface area (Å²) in [5.74, 6) is 0. The van der Waals surface area contributed by atoms with Crippen LogP contribution < -0.4 is 0 Å². The number of hydrogen-bond donors (Lipinski definition) is 0. The fourth-order valence-electron chi connectivity index (χ4n) is 1.80. The second kappa shape index (κ2) is 2.78. The second-order valence-electron chi connectivity index (χ2n) is 3.60. The van der Waals surface area contributed by atoms with E-state index in [2.05, 4.69) is 31.7 Å². The Morgan fingerprint density at radius 1 is 1.33 bits per heavy atom. The van der Waals surface area contributed by atoms with Crippen LogP contribution in [0.4, 0.5) is 0 Å². The van der Waals surface area contributed by atoms with E-state index in [1.165, 1.54) is 35.1 Å². The minimum atomic E-state index is 1.06. The number of allylic oxidation sites excluding steroid dienone is 7. The molecule has 0 amide bonds. The van der Waals surface area contributed by atoms with E-state index in [1.54, 1.807) is 0 Å². The summed E-state index contributed by atoms with van der Waals surface area (Å²) in [6, 6.07) is 0. The molecule has 0 atom stereocenters. The summed E-state index contributed by atoms with van der Waals surface area (Å²) in [7, 11) is 0. The van der Waals surface area contributed by atoms with Gasteiger partial charge in [-0.25, -0.2) is 0 Å². The molecule has 0 radical (unpaired) electrons. The lowest BCUT2D eigenvalue weighted by Crippen LogP contribution is -2.01. The van der Waals surface area contributed by atoms with Gasteiger partial charge in [-0.05, 0) is 48.5 Å². The molecule has 2 aliphatic carbocycles. The molecule has 62 valence electrons. The molecular formula is C12H14. The molecular weight excluding hydrogens is 144 g/mol. The van der Waals surface area contributed by atoms with Crippen LogP contribution >= 0.6 is 0 Å². The van der Waals surface area contributed by atoms with Crippen molar-refractivity contribution in [3.8, 4) is 0 Å². The molecule has 0 aromatic carbocycles. The molecule has 0 heterocycles. The molecule has 0 nitrogen and oxygen atoms in total. The van der Waals surface area contributed by atoms with E-state index < -0.39 is 0 Å². The zero-order valence-corrected chi connectivity index (χ0v) is 7.56. The van der Waals surface area contributed by atoms with E-state index in [0.717, 1.165) is 6.42 Å². The summed E-state index contributed by atoms with van der Waals surface area (Å²) in [6.45, 7) is 6.21. The topological polar surface area (TPSA) is 0 Å². The van der Waals surface area contributed by atoms with Gasteiger partial charge in [0.05, 0.1) is 0 Å². The van der Waals surface area contributed by atoms with Gasteiger partial charge in [0.25, 0.3) is 0 Å². The van der Waals surface area contributed by atoms with Crippen LogP contribution in [0, 0.1) is 0 Å². The fourth-order valence-corrected chi connectivity index (χ4v) is 1.80. The van der Waals surface area contributed by atoms with E-state index in [-0.39, 0.29) is 0 Å². The van der Waals surface area contributed by atoms with Crippen molar-refractivity contribution < 1.29 is 0 Å². The molecule has 0 heteroatoms. The summed E-state index contributed by atoms with van der Waals surface area (Å²) < 4.78 is 0. The third-order valence-corrected chi connectivity index (χ3v) is 2.66. The van der Waals surface area contributed by atoms with E-state index >= 15 is 0 Å². The van der Waals surface area contributed by atoms with E-state index in [1.807, 2.05) is 0 Å². The predicted molar refractivity (Wildman–Crippen MR) is 52.9 cm³/mol. The number of hydrogen-bond acceptors (Lipinski definition) is 0. The molecule has 0 aromatic rings. The van der Waals surface area contributed by atoms with Gasteiger partial charge < -0.3 is 0 Å². The highest BCUT2D eigenvalue weighted by atomic mass is 14.2. The molecule has 0 saturated heterocycles. The molecule has 0 fully saturated rings. The maximum atomic E-state index is 4.05. The smallest absolute Gasteiger partial charge is 0.00264 e. The SMILES string of the molecule is C=C1CC2=C(C=C1C)CCC=C2. The summed E-state index contributed by atoms with van der Waals surface area (Å²) >= 11 is 0. The summed E-state index contributed by atoms with van der Waals surface area (Å²) in [6.07, 6.45) is 10.3. The van der Waals surface area contributed by atoms with Gasteiger partial charge in [-0.3, -0.25) is 0 Å². The van der Waals surface area contributed by atoms with Crippen LogP contribution in [-0.2, 0) is 0 Å². The van der Waals surface area contributed by atoms with Crippen LogP contribution in [0.2, 0.25) is 0 Å². The molecule has 0 N–H and O–H groups in total. The van der Waals surface area contributed by atoms with E-state index in [0.29, 0.717) is 0 Å². The molecule has 0 aliphatic heterocycles. The maximum absolute atomic E-state index is 4.05. The first-order valence-corrected chi connectivity index (χ1v) is 4.52. The van der Waals surface area contributed by atoms with Gasteiger partial charge >= 0.3 is 0 Å². The first-order valence-electron chi connectivity index (χ1n) is 4.52. The monoisotopic (exact) mass is 158 g/mol. The molecule has 2 aliphatic rings. The van der Waals surface area contributed by atoms with Gasteiger partial charge in [0.1, 0.15) is 0 Å². The first-order chi connectivity index (χ1) is 5.77. The van der Waals surface area contributed by atoms with E-state index in [4.69, 9.17) is 0 Å². The average molecular weight is 158 g/mol. The van der Waals surface area contributed by atoms with Crippen LogP contribution in [0.3, 0.4) is 0 Å². The zero-order chi connectivity index (χ0) is 8.55. The molecule has 0 spiro atoms. The van der Waals surface area contributed by atoms with Crippen LogP contribution in [-0.4, -0.2) is 0 Å². The lowest BCUT2D eigenvalue weighted by atomic mass is 9.85. The summed E-state index contributed by atoms with van der Waals surface area (Å²) in [5.41, 5.74) is 5.66. The van der Waals surface area contributed by atoms with Gasteiger partial charge in [0.2, 0.25) is 0 Å². The lowest BCUT2D eigenvalue weighted by molar-refractivity contribution is 0.928. The van der Waals surface area contributed by atoms with Crippen molar-refractivity contribution in [2.24, 2.45) is 0 Å². The van der Waals surface area contributed by atoms with Crippen molar-refractivity contribution in [1.29, 1.82) is 0 Å². The molecule has 0 bridgehead atoms. The zero-order valence-electron chi connectivity index (χ0n) is 7.56. The van der Waals surface area contributed by atoms with Crippen LogP contribution in [0.1, 0.15) is 26.2 Å². The van der Waals surface area contributed by atoms with Crippen molar-refractivity contribution >= 4 is 0 Å². The first kappa shape index (κ1) is 7.60. The van der Waals surface area contributed by atoms with Crippen LogP contribution in [0.5, 0.6) is 0 Å². The largest absolute Gasteiger partial charge is 0.0952 e. The standard InChI is InChI=1S/C12H14/c1-9-7-11-5-3-4-6-12(11)8-10(9)2/h3,5,8H,1,4,6-7H2,2H3. The van der Waals surface area contributed by atoms with Crippen molar-refractivity contribution in [3.05, 3.63) is 47.1 Å². The normalized spacial score (nSPS) is 22.4. The third kappa shape index (κ3) is 1.18. The van der Waals surface area contributed by atoms with Crippen LogP contribution in [0.15, 0.2) is 47.1 Å². The minimum Gasteiger partial charge on any atom is -0.0952 e. The van der Waals surface area contributed by atoms with Gasteiger partial charge in [-0.2, -0.15) is 0 Å². The quantitative estimate of drug-likeness (QED) is 0.506. The van der Waals surface area contributed by atoms with Crippen molar-refractivity contribution in [2.75, 3.05) is 0 Å². The Labute approximate surface area is 74.0 Å². The lowest BCUT2D eigenvalue weighted by Gasteiger charge is -2.20. The Hall–Kier alpha value is -1.04. The Bertz CT molecular complexity index is 311. The fraction of sp³-hybridized carbons (Fsp3) is 0.333. The average Bonchev–Trinajstić information content (AvgIpc) is 2.07. The van der Waals surface area contributed by atoms with E-state index in [9.17, 15) is 0 Å². The van der Waals surface area contributed by atoms with Gasteiger partial charge in [0, 0.05) is 0 Å². The maximum Gasteiger partial charge on any atom is -0.00264 e. The Balaban J connectivity index is 2.39. The van der Waals surface area contributed by atoms with Crippen molar-refractivity contribution in [3.63, 3.8) is 0 Å². The Kier molecular flexibility index (Phi) is 1.76. The highest BCUT2D eigenvalue weighted by Crippen LogP contribution is 2.32. The Morgan fingerprint density at radius 3 is 3.00 bits per heavy atom. The second-order valence-corrected chi connectivity index (χ2v) is 3.60. The van der Waals surface area contributed by atoms with Crippen molar-refractivity contribution in [1.82, 2.24) is 0 Å². The van der Waals surface area contributed by atoms with Gasteiger partial charge in [-0.1, -0.05) is 24.8 Å². The molecule has 0 aromatic heterocycles. The molecule has 0 unspecified atom stereocenters. The van der Waals surface area contributed by atoms with Crippen molar-refractivity contribution in [2.45, 2.75) is 26.2 Å². The predicted octanol–water partition coefficient (Wildman–Crippen LogP) is 3.54. The Morgan fingerprint density at radius 2 is 2.17 bits per heavy atom. The number of rotatable bonds is 0.